The number of benzene rings is 2. The molecule has 0 aliphatic heterocycles. The molecule has 2 aromatic rings. The Morgan fingerprint density at radius 2 is 1.89 bits per heavy atom. The fourth-order valence-corrected chi connectivity index (χ4v) is 2.35. The third-order valence-electron chi connectivity index (χ3n) is 3.00. The lowest BCUT2D eigenvalue weighted by molar-refractivity contribution is 0.566. The summed E-state index contributed by atoms with van der Waals surface area (Å²) in [6.45, 7) is 2.67. The maximum absolute atomic E-state index is 13.4. The van der Waals surface area contributed by atoms with E-state index in [2.05, 4.69) is 28.2 Å². The lowest BCUT2D eigenvalue weighted by Gasteiger charge is -2.15. The number of nitrogens with one attached hydrogen (secondary N) is 1. The molecule has 0 aliphatic rings. The predicted molar refractivity (Wildman–Crippen MR) is 80.8 cm³/mol. The predicted octanol–water partition coefficient (Wildman–Crippen LogP) is 5.09. The Morgan fingerprint density at radius 1 is 1.21 bits per heavy atom. The van der Waals surface area contributed by atoms with E-state index < -0.39 is 0 Å². The first-order valence-electron chi connectivity index (χ1n) is 5.99. The van der Waals surface area contributed by atoms with Gasteiger partial charge >= 0.3 is 0 Å². The molecule has 0 amide bonds. The summed E-state index contributed by atoms with van der Waals surface area (Å²) in [5.41, 5.74) is 2.05. The summed E-state index contributed by atoms with van der Waals surface area (Å²) < 4.78 is 13.9. The van der Waals surface area contributed by atoms with Gasteiger partial charge in [0, 0.05) is 17.6 Å². The molecule has 1 nitrogen and oxygen atoms in total. The second-order valence-corrected chi connectivity index (χ2v) is 5.60. The Kier molecular flexibility index (Phi) is 4.97. The van der Waals surface area contributed by atoms with Crippen molar-refractivity contribution >= 4 is 27.5 Å². The molecule has 2 rings (SSSR count). The third kappa shape index (κ3) is 3.78. The number of rotatable bonds is 4. The molecule has 0 saturated heterocycles. The van der Waals surface area contributed by atoms with Crippen molar-refractivity contribution in [1.82, 2.24) is 5.32 Å². The lowest BCUT2D eigenvalue weighted by atomic mass is 10.1. The Balaban J connectivity index is 2.02. The zero-order valence-electron chi connectivity index (χ0n) is 10.5. The van der Waals surface area contributed by atoms with E-state index in [0.29, 0.717) is 11.0 Å². The van der Waals surface area contributed by atoms with Crippen LogP contribution in [-0.4, -0.2) is 0 Å². The number of hydrogen-bond donors (Lipinski definition) is 1. The molecule has 4 heteroatoms. The van der Waals surface area contributed by atoms with Gasteiger partial charge in [-0.25, -0.2) is 4.39 Å². The largest absolute Gasteiger partial charge is 0.306 e. The Bertz CT molecular complexity index is 557. The van der Waals surface area contributed by atoms with Gasteiger partial charge in [-0.3, -0.25) is 0 Å². The third-order valence-corrected chi connectivity index (χ3v) is 4.14. The zero-order valence-corrected chi connectivity index (χ0v) is 12.8. The summed E-state index contributed by atoms with van der Waals surface area (Å²) in [5.74, 6) is -0.238. The molecular weight excluding hydrogens is 329 g/mol. The van der Waals surface area contributed by atoms with Crippen LogP contribution in [-0.2, 0) is 6.54 Å². The summed E-state index contributed by atoms with van der Waals surface area (Å²) >= 11 is 9.12. The van der Waals surface area contributed by atoms with Crippen LogP contribution in [0.3, 0.4) is 0 Å². The van der Waals surface area contributed by atoms with Crippen molar-refractivity contribution in [2.45, 2.75) is 19.5 Å². The number of halogens is 3. The van der Waals surface area contributed by atoms with Gasteiger partial charge < -0.3 is 5.32 Å². The first-order chi connectivity index (χ1) is 9.08. The van der Waals surface area contributed by atoms with Crippen LogP contribution in [0.5, 0.6) is 0 Å². The molecule has 0 radical (unpaired) electrons. The monoisotopic (exact) mass is 341 g/mol. The second-order valence-electron chi connectivity index (χ2n) is 4.37. The van der Waals surface area contributed by atoms with Gasteiger partial charge in [0.05, 0.1) is 4.47 Å². The van der Waals surface area contributed by atoms with E-state index >= 15 is 0 Å². The Hall–Kier alpha value is -0.900. The highest BCUT2D eigenvalue weighted by Crippen LogP contribution is 2.22. The van der Waals surface area contributed by atoms with Crippen molar-refractivity contribution in [3.8, 4) is 0 Å². The molecule has 1 atom stereocenters. The van der Waals surface area contributed by atoms with E-state index in [4.69, 9.17) is 11.6 Å². The van der Waals surface area contributed by atoms with Crippen LogP contribution in [0.2, 0.25) is 5.02 Å². The average Bonchev–Trinajstić information content (AvgIpc) is 2.41. The zero-order chi connectivity index (χ0) is 13.8. The van der Waals surface area contributed by atoms with Crippen LogP contribution < -0.4 is 5.32 Å². The Labute approximate surface area is 125 Å². The molecule has 0 aliphatic carbocycles. The van der Waals surface area contributed by atoms with Crippen molar-refractivity contribution in [2.24, 2.45) is 0 Å². The molecule has 0 bridgehead atoms. The fourth-order valence-electron chi connectivity index (χ4n) is 1.82. The highest BCUT2D eigenvalue weighted by atomic mass is 79.9. The topological polar surface area (TPSA) is 12.0 Å². The summed E-state index contributed by atoms with van der Waals surface area (Å²) in [6.07, 6.45) is 0. The van der Waals surface area contributed by atoms with E-state index in [0.717, 1.165) is 16.1 Å². The van der Waals surface area contributed by atoms with Gasteiger partial charge in [-0.05, 0) is 52.2 Å². The van der Waals surface area contributed by atoms with Crippen molar-refractivity contribution in [3.63, 3.8) is 0 Å². The van der Waals surface area contributed by atoms with E-state index in [1.54, 1.807) is 6.07 Å². The van der Waals surface area contributed by atoms with E-state index in [-0.39, 0.29) is 11.9 Å². The van der Waals surface area contributed by atoms with Gasteiger partial charge in [0.1, 0.15) is 5.82 Å². The molecule has 1 unspecified atom stereocenters. The van der Waals surface area contributed by atoms with Gasteiger partial charge in [-0.1, -0.05) is 35.9 Å². The van der Waals surface area contributed by atoms with E-state index in [9.17, 15) is 4.39 Å². The molecule has 0 fully saturated rings. The average molecular weight is 343 g/mol. The normalized spacial score (nSPS) is 12.4. The van der Waals surface area contributed by atoms with Crippen molar-refractivity contribution in [3.05, 3.63) is 68.9 Å². The Morgan fingerprint density at radius 3 is 2.58 bits per heavy atom. The minimum Gasteiger partial charge on any atom is -0.306 e. The molecule has 0 saturated carbocycles. The molecule has 100 valence electrons. The standard InChI is InChI=1S/C15H14BrClFN/c1-10(11-5-7-13(17)8-6-11)19-9-12-3-2-4-14(18)15(12)16/h2-8,10,19H,9H2,1H3. The molecule has 1 N–H and O–H groups in total. The lowest BCUT2D eigenvalue weighted by Crippen LogP contribution is -2.18. The number of hydrogen-bond acceptors (Lipinski definition) is 1. The molecule has 19 heavy (non-hydrogen) atoms. The highest BCUT2D eigenvalue weighted by Gasteiger charge is 2.08. The summed E-state index contributed by atoms with van der Waals surface area (Å²) in [4.78, 5) is 0. The first-order valence-corrected chi connectivity index (χ1v) is 7.17. The molecule has 0 aromatic heterocycles. The van der Waals surface area contributed by atoms with Crippen LogP contribution in [0.25, 0.3) is 0 Å². The van der Waals surface area contributed by atoms with Gasteiger partial charge in [0.15, 0.2) is 0 Å². The molecule has 0 heterocycles. The van der Waals surface area contributed by atoms with Gasteiger partial charge in [-0.15, -0.1) is 0 Å². The van der Waals surface area contributed by atoms with E-state index in [1.807, 2.05) is 30.3 Å². The molecule has 2 aromatic carbocycles. The smallest absolute Gasteiger partial charge is 0.137 e. The highest BCUT2D eigenvalue weighted by molar-refractivity contribution is 9.10. The minimum atomic E-state index is -0.238. The van der Waals surface area contributed by atoms with Gasteiger partial charge in [-0.2, -0.15) is 0 Å². The van der Waals surface area contributed by atoms with Crippen molar-refractivity contribution in [1.29, 1.82) is 0 Å². The summed E-state index contributed by atoms with van der Waals surface area (Å²) in [6, 6.07) is 12.9. The van der Waals surface area contributed by atoms with Gasteiger partial charge in [0.25, 0.3) is 0 Å². The van der Waals surface area contributed by atoms with Crippen molar-refractivity contribution < 1.29 is 4.39 Å². The van der Waals surface area contributed by atoms with Crippen LogP contribution in [0.15, 0.2) is 46.9 Å². The quantitative estimate of drug-likeness (QED) is 0.816. The maximum atomic E-state index is 13.4. The summed E-state index contributed by atoms with van der Waals surface area (Å²) in [5, 5.41) is 4.09. The maximum Gasteiger partial charge on any atom is 0.137 e. The minimum absolute atomic E-state index is 0.174. The summed E-state index contributed by atoms with van der Waals surface area (Å²) in [7, 11) is 0. The van der Waals surface area contributed by atoms with E-state index in [1.165, 1.54) is 6.07 Å². The molecule has 0 spiro atoms. The fraction of sp³-hybridized carbons (Fsp3) is 0.200. The van der Waals surface area contributed by atoms with Crippen LogP contribution in [0.4, 0.5) is 4.39 Å². The van der Waals surface area contributed by atoms with Crippen molar-refractivity contribution in [2.75, 3.05) is 0 Å². The van der Waals surface area contributed by atoms with Crippen LogP contribution in [0, 0.1) is 5.82 Å². The first kappa shape index (κ1) is 14.5. The van der Waals surface area contributed by atoms with Gasteiger partial charge in [0.2, 0.25) is 0 Å². The van der Waals surface area contributed by atoms with Crippen LogP contribution in [0.1, 0.15) is 24.1 Å². The van der Waals surface area contributed by atoms with Crippen LogP contribution >= 0.6 is 27.5 Å². The second kappa shape index (κ2) is 6.51. The SMILES string of the molecule is CC(NCc1cccc(F)c1Br)c1ccc(Cl)cc1. The molecular formula is C15H14BrClFN.